The van der Waals surface area contributed by atoms with Crippen molar-refractivity contribution in [1.82, 2.24) is 19.7 Å². The summed E-state index contributed by atoms with van der Waals surface area (Å²) >= 11 is 0. The molecule has 0 saturated carbocycles. The number of hydrogen-bond donors (Lipinski definition) is 3. The summed E-state index contributed by atoms with van der Waals surface area (Å²) in [5.74, 6) is -2.28. The van der Waals surface area contributed by atoms with Crippen LogP contribution in [0.3, 0.4) is 0 Å². The van der Waals surface area contributed by atoms with Crippen molar-refractivity contribution in [1.29, 1.82) is 0 Å². The molecule has 0 spiro atoms. The molecule has 9 nitrogen and oxygen atoms in total. The number of nitrogen functional groups attached to an aromatic ring is 1. The Hall–Kier alpha value is -4.26. The fraction of sp³-hybridized carbons (Fsp3) is 0.100. The molecule has 0 aliphatic carbocycles. The van der Waals surface area contributed by atoms with Gasteiger partial charge in [-0.05, 0) is 35.9 Å². The monoisotopic (exact) mass is 462 g/mol. The van der Waals surface area contributed by atoms with Crippen LogP contribution in [0.25, 0.3) is 16.7 Å². The molecule has 0 aliphatic rings. The maximum absolute atomic E-state index is 14.8. The SMILES string of the molecule is Nc1ncnc2cnn(-c3ccc(NC(=O)C(O)c4cccc(OC(F)(F)F)c4)cc3F)c12. The highest BCUT2D eigenvalue weighted by atomic mass is 19.4. The fourth-order valence-electron chi connectivity index (χ4n) is 3.07. The molecule has 1 unspecified atom stereocenters. The third-order valence-corrected chi connectivity index (χ3v) is 4.49. The average molecular weight is 462 g/mol. The zero-order valence-electron chi connectivity index (χ0n) is 16.4. The van der Waals surface area contributed by atoms with Crippen LogP contribution in [0, 0.1) is 5.82 Å². The summed E-state index contributed by atoms with van der Waals surface area (Å²) in [5.41, 5.74) is 6.37. The van der Waals surface area contributed by atoms with Gasteiger partial charge in [0.25, 0.3) is 5.91 Å². The summed E-state index contributed by atoms with van der Waals surface area (Å²) in [5, 5.41) is 16.6. The molecule has 4 N–H and O–H groups in total. The number of alkyl halides is 3. The van der Waals surface area contributed by atoms with Gasteiger partial charge in [-0.1, -0.05) is 12.1 Å². The van der Waals surface area contributed by atoms with Crippen LogP contribution >= 0.6 is 0 Å². The molecule has 0 saturated heterocycles. The molecule has 0 bridgehead atoms. The summed E-state index contributed by atoms with van der Waals surface area (Å²) in [6, 6.07) is 7.96. The van der Waals surface area contributed by atoms with Gasteiger partial charge < -0.3 is 20.9 Å². The van der Waals surface area contributed by atoms with Crippen LogP contribution in [0.2, 0.25) is 0 Å². The van der Waals surface area contributed by atoms with Gasteiger partial charge >= 0.3 is 6.36 Å². The van der Waals surface area contributed by atoms with E-state index in [0.29, 0.717) is 11.0 Å². The minimum Gasteiger partial charge on any atom is -0.406 e. The third-order valence-electron chi connectivity index (χ3n) is 4.49. The molecule has 4 rings (SSSR count). The van der Waals surface area contributed by atoms with Gasteiger partial charge in [-0.25, -0.2) is 19.0 Å². The Balaban J connectivity index is 1.53. The van der Waals surface area contributed by atoms with E-state index in [1.807, 2.05) is 0 Å². The molecular weight excluding hydrogens is 448 g/mol. The number of carbonyl (C=O) groups excluding carboxylic acids is 1. The van der Waals surface area contributed by atoms with Crippen LogP contribution < -0.4 is 15.8 Å². The Kier molecular flexibility index (Phi) is 5.55. The lowest BCUT2D eigenvalue weighted by atomic mass is 10.1. The Morgan fingerprint density at radius 1 is 1.18 bits per heavy atom. The molecule has 0 radical (unpaired) electrons. The van der Waals surface area contributed by atoms with Crippen molar-refractivity contribution in [2.75, 3.05) is 11.1 Å². The van der Waals surface area contributed by atoms with E-state index in [4.69, 9.17) is 5.73 Å². The summed E-state index contributed by atoms with van der Waals surface area (Å²) in [4.78, 5) is 20.2. The van der Waals surface area contributed by atoms with Gasteiger partial charge in [0.2, 0.25) is 0 Å². The number of fused-ring (bicyclic) bond motifs is 1. The number of benzene rings is 2. The number of nitrogens with one attached hydrogen (secondary N) is 1. The van der Waals surface area contributed by atoms with Gasteiger partial charge in [-0.2, -0.15) is 5.10 Å². The van der Waals surface area contributed by atoms with Crippen molar-refractivity contribution >= 4 is 28.4 Å². The minimum atomic E-state index is -4.93. The summed E-state index contributed by atoms with van der Waals surface area (Å²) in [6.07, 6.45) is -4.14. The van der Waals surface area contributed by atoms with E-state index in [9.17, 15) is 27.5 Å². The summed E-state index contributed by atoms with van der Waals surface area (Å²) in [6.45, 7) is 0. The van der Waals surface area contributed by atoms with Gasteiger partial charge in [0.1, 0.15) is 28.8 Å². The molecule has 1 atom stereocenters. The molecule has 2 aromatic carbocycles. The lowest BCUT2D eigenvalue weighted by Crippen LogP contribution is -2.21. The highest BCUT2D eigenvalue weighted by Gasteiger charge is 2.31. The van der Waals surface area contributed by atoms with Gasteiger partial charge in [0.15, 0.2) is 17.7 Å². The molecule has 13 heteroatoms. The predicted molar refractivity (Wildman–Crippen MR) is 108 cm³/mol. The van der Waals surface area contributed by atoms with Crippen molar-refractivity contribution in [3.05, 3.63) is 66.4 Å². The second-order valence-corrected chi connectivity index (χ2v) is 6.73. The van der Waals surface area contributed by atoms with E-state index < -0.39 is 29.9 Å². The minimum absolute atomic E-state index is 0.00190. The molecule has 1 amide bonds. The zero-order chi connectivity index (χ0) is 23.8. The van der Waals surface area contributed by atoms with E-state index in [1.165, 1.54) is 41.5 Å². The fourth-order valence-corrected chi connectivity index (χ4v) is 3.07. The Bertz CT molecular complexity index is 1340. The topological polar surface area (TPSA) is 128 Å². The molecule has 170 valence electrons. The highest BCUT2D eigenvalue weighted by Crippen LogP contribution is 2.27. The number of anilines is 2. The van der Waals surface area contributed by atoms with Crippen molar-refractivity contribution in [2.45, 2.75) is 12.5 Å². The molecule has 2 aromatic heterocycles. The number of ether oxygens (including phenoxy) is 1. The number of carbonyl (C=O) groups is 1. The van der Waals surface area contributed by atoms with Crippen LogP contribution in [0.4, 0.5) is 29.1 Å². The van der Waals surface area contributed by atoms with E-state index in [0.717, 1.165) is 18.2 Å². The number of aliphatic hydroxyl groups is 1. The molecule has 0 fully saturated rings. The Labute approximate surface area is 182 Å². The first kappa shape index (κ1) is 22.0. The standard InChI is InChI=1S/C20H14F4N6O3/c21-13-7-11(4-5-15(13)30-16-14(8-28-30)26-9-27-18(16)25)29-19(32)17(31)10-2-1-3-12(6-10)33-20(22,23)24/h1-9,17,31H,(H,29,32)(H2,25,26,27). The van der Waals surface area contributed by atoms with Gasteiger partial charge in [0, 0.05) is 5.69 Å². The average Bonchev–Trinajstić information content (AvgIpc) is 3.17. The second kappa shape index (κ2) is 8.35. The molecule has 33 heavy (non-hydrogen) atoms. The Morgan fingerprint density at radius 2 is 1.97 bits per heavy atom. The summed E-state index contributed by atoms with van der Waals surface area (Å²) < 4.78 is 56.9. The molecule has 0 aliphatic heterocycles. The quantitative estimate of drug-likeness (QED) is 0.389. The van der Waals surface area contributed by atoms with Gasteiger partial charge in [-0.3, -0.25) is 4.79 Å². The summed E-state index contributed by atoms with van der Waals surface area (Å²) in [7, 11) is 0. The van der Waals surface area contributed by atoms with E-state index in [2.05, 4.69) is 25.1 Å². The van der Waals surface area contributed by atoms with Crippen molar-refractivity contribution in [2.24, 2.45) is 0 Å². The lowest BCUT2D eigenvalue weighted by molar-refractivity contribution is -0.274. The largest absolute Gasteiger partial charge is 0.573 e. The third kappa shape index (κ3) is 4.67. The molecule has 4 aromatic rings. The smallest absolute Gasteiger partial charge is 0.406 e. The number of nitrogens with two attached hydrogens (primary N) is 1. The van der Waals surface area contributed by atoms with E-state index in [-0.39, 0.29) is 22.8 Å². The molecule has 2 heterocycles. The van der Waals surface area contributed by atoms with Gasteiger partial charge in [0.05, 0.1) is 6.20 Å². The van der Waals surface area contributed by atoms with E-state index in [1.54, 1.807) is 0 Å². The Morgan fingerprint density at radius 3 is 2.70 bits per heavy atom. The number of amides is 1. The maximum atomic E-state index is 14.8. The van der Waals surface area contributed by atoms with Gasteiger partial charge in [-0.15, -0.1) is 13.2 Å². The van der Waals surface area contributed by atoms with Crippen molar-refractivity contribution in [3.63, 3.8) is 0 Å². The lowest BCUT2D eigenvalue weighted by Gasteiger charge is -2.14. The van der Waals surface area contributed by atoms with Crippen LogP contribution in [-0.2, 0) is 4.79 Å². The van der Waals surface area contributed by atoms with Crippen LogP contribution in [-0.4, -0.2) is 37.1 Å². The van der Waals surface area contributed by atoms with Crippen LogP contribution in [0.1, 0.15) is 11.7 Å². The first-order valence-corrected chi connectivity index (χ1v) is 9.21. The van der Waals surface area contributed by atoms with Crippen molar-refractivity contribution < 1.29 is 32.2 Å². The number of hydrogen-bond acceptors (Lipinski definition) is 7. The van der Waals surface area contributed by atoms with Crippen LogP contribution in [0.5, 0.6) is 5.75 Å². The van der Waals surface area contributed by atoms with Crippen molar-refractivity contribution in [3.8, 4) is 11.4 Å². The predicted octanol–water partition coefficient (Wildman–Crippen LogP) is 3.11. The van der Waals surface area contributed by atoms with E-state index >= 15 is 0 Å². The number of aliphatic hydroxyl groups excluding tert-OH is 1. The van der Waals surface area contributed by atoms with Crippen LogP contribution in [0.15, 0.2) is 55.0 Å². The number of aromatic nitrogens is 4. The first-order chi connectivity index (χ1) is 15.6. The number of halogens is 4. The zero-order valence-corrected chi connectivity index (χ0v) is 16.4. The number of rotatable bonds is 5. The maximum Gasteiger partial charge on any atom is 0.573 e. The first-order valence-electron chi connectivity index (χ1n) is 9.21. The highest BCUT2D eigenvalue weighted by molar-refractivity contribution is 5.95. The second-order valence-electron chi connectivity index (χ2n) is 6.73. The molecular formula is C20H14F4N6O3. The normalized spacial score (nSPS) is 12.5. The number of nitrogens with zero attached hydrogens (tertiary/aromatic N) is 4.